The normalized spacial score (nSPS) is 33.6. The maximum Gasteiger partial charge on any atom is 0.306 e. The summed E-state index contributed by atoms with van der Waals surface area (Å²) in [6.07, 6.45) is 0.605. The fourth-order valence-electron chi connectivity index (χ4n) is 2.14. The third kappa shape index (κ3) is 2.52. The molecule has 5 nitrogen and oxygen atoms in total. The number of carbonyl (C=O) groups excluding carboxylic acids is 1. The Morgan fingerprint density at radius 3 is 2.75 bits per heavy atom. The molecule has 0 spiro atoms. The number of carboxylic acids is 1. The molecule has 2 rings (SSSR count). The number of nitrogens with zero attached hydrogens (tertiary/aromatic N) is 1. The molecule has 0 radical (unpaired) electrons. The number of aliphatic carboxylic acids is 1. The maximum atomic E-state index is 11.9. The van der Waals surface area contributed by atoms with E-state index in [2.05, 4.69) is 6.92 Å². The number of hydrogen-bond acceptors (Lipinski definition) is 3. The Balaban J connectivity index is 1.86. The Bertz CT molecular complexity index is 304. The first-order chi connectivity index (χ1) is 7.58. The van der Waals surface area contributed by atoms with Crippen LogP contribution in [-0.2, 0) is 14.3 Å². The van der Waals surface area contributed by atoms with Crippen LogP contribution in [-0.4, -0.2) is 47.7 Å². The van der Waals surface area contributed by atoms with E-state index in [1.807, 2.05) is 0 Å². The molecule has 1 heterocycles. The zero-order valence-electron chi connectivity index (χ0n) is 9.39. The summed E-state index contributed by atoms with van der Waals surface area (Å²) in [6.45, 7) is 3.54. The van der Waals surface area contributed by atoms with Gasteiger partial charge in [0.05, 0.1) is 19.1 Å². The summed E-state index contributed by atoms with van der Waals surface area (Å²) >= 11 is 0. The van der Waals surface area contributed by atoms with Crippen LogP contribution in [0, 0.1) is 11.8 Å². The van der Waals surface area contributed by atoms with Crippen LogP contribution in [0.25, 0.3) is 0 Å². The minimum atomic E-state index is -0.876. The fraction of sp³-hybridized carbons (Fsp3) is 0.818. The number of amides is 1. The van der Waals surface area contributed by atoms with Gasteiger partial charge >= 0.3 is 5.97 Å². The minimum absolute atomic E-state index is 0.0238. The van der Waals surface area contributed by atoms with Gasteiger partial charge in [0.15, 0.2) is 0 Å². The van der Waals surface area contributed by atoms with Gasteiger partial charge in [0, 0.05) is 19.0 Å². The summed E-state index contributed by atoms with van der Waals surface area (Å²) in [6, 6.07) is 0. The monoisotopic (exact) mass is 227 g/mol. The molecule has 0 aromatic rings. The van der Waals surface area contributed by atoms with Crippen molar-refractivity contribution in [1.82, 2.24) is 4.90 Å². The first kappa shape index (κ1) is 11.4. The van der Waals surface area contributed by atoms with Crippen molar-refractivity contribution in [1.29, 1.82) is 0 Å². The van der Waals surface area contributed by atoms with Crippen LogP contribution in [0.2, 0.25) is 0 Å². The summed E-state index contributed by atoms with van der Waals surface area (Å²) in [5, 5.41) is 8.67. The lowest BCUT2D eigenvalue weighted by Crippen LogP contribution is -2.47. The summed E-state index contributed by atoms with van der Waals surface area (Å²) in [5.41, 5.74) is 0. The van der Waals surface area contributed by atoms with E-state index >= 15 is 0 Å². The molecule has 1 amide bonds. The second kappa shape index (κ2) is 4.41. The lowest BCUT2D eigenvalue weighted by Gasteiger charge is -2.32. The number of carboxylic acid groups (broad SMARTS) is 1. The van der Waals surface area contributed by atoms with E-state index in [4.69, 9.17) is 9.84 Å². The summed E-state index contributed by atoms with van der Waals surface area (Å²) in [4.78, 5) is 24.2. The molecule has 2 aliphatic rings. The van der Waals surface area contributed by atoms with Gasteiger partial charge in [-0.05, 0) is 12.3 Å². The topological polar surface area (TPSA) is 66.8 Å². The average molecular weight is 227 g/mol. The van der Waals surface area contributed by atoms with Crippen LogP contribution in [0.4, 0.5) is 0 Å². The lowest BCUT2D eigenvalue weighted by molar-refractivity contribution is -0.148. The van der Waals surface area contributed by atoms with E-state index in [9.17, 15) is 9.59 Å². The van der Waals surface area contributed by atoms with Crippen molar-refractivity contribution < 1.29 is 19.4 Å². The molecule has 3 atom stereocenters. The first-order valence-electron chi connectivity index (χ1n) is 5.70. The highest BCUT2D eigenvalue weighted by Crippen LogP contribution is 2.39. The van der Waals surface area contributed by atoms with E-state index in [-0.39, 0.29) is 24.3 Å². The molecule has 5 heteroatoms. The van der Waals surface area contributed by atoms with Crippen molar-refractivity contribution >= 4 is 11.9 Å². The maximum absolute atomic E-state index is 11.9. The molecule has 0 aromatic heterocycles. The van der Waals surface area contributed by atoms with Crippen molar-refractivity contribution in [2.24, 2.45) is 11.8 Å². The van der Waals surface area contributed by atoms with Crippen LogP contribution in [0.15, 0.2) is 0 Å². The van der Waals surface area contributed by atoms with Crippen molar-refractivity contribution in [3.8, 4) is 0 Å². The molecule has 1 aliphatic carbocycles. The van der Waals surface area contributed by atoms with E-state index < -0.39 is 5.97 Å². The number of morpholine rings is 1. The lowest BCUT2D eigenvalue weighted by atomic mass is 10.2. The molecule has 2 fully saturated rings. The average Bonchev–Trinajstić information content (AvgIpc) is 2.94. The van der Waals surface area contributed by atoms with Crippen LogP contribution in [0.5, 0.6) is 0 Å². The molecule has 3 unspecified atom stereocenters. The van der Waals surface area contributed by atoms with Gasteiger partial charge < -0.3 is 14.7 Å². The standard InChI is InChI=1S/C11H17NO4/c1-7-4-9(7)11(15)12-2-3-16-8(6-12)5-10(13)14/h7-9H,2-6H2,1H3,(H,13,14). The molecule has 1 aliphatic heterocycles. The highest BCUT2D eigenvalue weighted by atomic mass is 16.5. The fourth-order valence-corrected chi connectivity index (χ4v) is 2.14. The van der Waals surface area contributed by atoms with Gasteiger partial charge in [0.2, 0.25) is 5.91 Å². The van der Waals surface area contributed by atoms with E-state index in [0.29, 0.717) is 25.6 Å². The predicted octanol–water partition coefficient (Wildman–Crippen LogP) is 0.344. The molecule has 1 N–H and O–H groups in total. The predicted molar refractivity (Wildman–Crippen MR) is 55.8 cm³/mol. The molecule has 1 saturated carbocycles. The second-order valence-electron chi connectivity index (χ2n) is 4.69. The number of rotatable bonds is 3. The van der Waals surface area contributed by atoms with Crippen molar-refractivity contribution in [3.63, 3.8) is 0 Å². The van der Waals surface area contributed by atoms with Crippen molar-refractivity contribution in [3.05, 3.63) is 0 Å². The van der Waals surface area contributed by atoms with Gasteiger partial charge in [-0.3, -0.25) is 9.59 Å². The zero-order chi connectivity index (χ0) is 11.7. The van der Waals surface area contributed by atoms with Crippen molar-refractivity contribution in [2.45, 2.75) is 25.9 Å². The molecule has 16 heavy (non-hydrogen) atoms. The Hall–Kier alpha value is -1.10. The van der Waals surface area contributed by atoms with E-state index in [1.165, 1.54) is 0 Å². The van der Waals surface area contributed by atoms with Gasteiger partial charge in [0.25, 0.3) is 0 Å². The quantitative estimate of drug-likeness (QED) is 0.755. The van der Waals surface area contributed by atoms with Crippen LogP contribution in [0.3, 0.4) is 0 Å². The van der Waals surface area contributed by atoms with Gasteiger partial charge in [0.1, 0.15) is 0 Å². The van der Waals surface area contributed by atoms with Gasteiger partial charge in [-0.15, -0.1) is 0 Å². The first-order valence-corrected chi connectivity index (χ1v) is 5.70. The summed E-state index contributed by atoms with van der Waals surface area (Å²) in [7, 11) is 0. The van der Waals surface area contributed by atoms with Gasteiger partial charge in [-0.25, -0.2) is 0 Å². The second-order valence-corrected chi connectivity index (χ2v) is 4.69. The van der Waals surface area contributed by atoms with E-state index in [1.54, 1.807) is 4.90 Å². The molecule has 0 aromatic carbocycles. The Kier molecular flexibility index (Phi) is 3.14. The molecular weight excluding hydrogens is 210 g/mol. The minimum Gasteiger partial charge on any atom is -0.481 e. The SMILES string of the molecule is CC1CC1C(=O)N1CCOC(CC(=O)O)C1. The van der Waals surface area contributed by atoms with Crippen LogP contribution in [0.1, 0.15) is 19.8 Å². The summed E-state index contributed by atoms with van der Waals surface area (Å²) < 4.78 is 5.32. The largest absolute Gasteiger partial charge is 0.481 e. The molecule has 1 saturated heterocycles. The highest BCUT2D eigenvalue weighted by Gasteiger charge is 2.42. The van der Waals surface area contributed by atoms with Gasteiger partial charge in [-0.1, -0.05) is 6.92 Å². The highest BCUT2D eigenvalue weighted by molar-refractivity contribution is 5.81. The third-order valence-corrected chi connectivity index (χ3v) is 3.28. The van der Waals surface area contributed by atoms with Gasteiger partial charge in [-0.2, -0.15) is 0 Å². The Labute approximate surface area is 94.4 Å². The Morgan fingerprint density at radius 1 is 1.50 bits per heavy atom. The smallest absolute Gasteiger partial charge is 0.306 e. The molecular formula is C11H17NO4. The number of carbonyl (C=O) groups is 2. The molecule has 90 valence electrons. The third-order valence-electron chi connectivity index (χ3n) is 3.28. The van der Waals surface area contributed by atoms with Crippen LogP contribution < -0.4 is 0 Å². The molecule has 0 bridgehead atoms. The zero-order valence-corrected chi connectivity index (χ0v) is 9.39. The summed E-state index contributed by atoms with van der Waals surface area (Å²) in [5.74, 6) is -0.0397. The number of ether oxygens (including phenoxy) is 1. The van der Waals surface area contributed by atoms with Crippen molar-refractivity contribution in [2.75, 3.05) is 19.7 Å². The van der Waals surface area contributed by atoms with E-state index in [0.717, 1.165) is 6.42 Å². The van der Waals surface area contributed by atoms with Crippen LogP contribution >= 0.6 is 0 Å². The Morgan fingerprint density at radius 2 is 2.19 bits per heavy atom. The number of hydrogen-bond donors (Lipinski definition) is 1.